The van der Waals surface area contributed by atoms with E-state index in [1.807, 2.05) is 30.3 Å². The van der Waals surface area contributed by atoms with Gasteiger partial charge in [-0.3, -0.25) is 0 Å². The normalized spacial score (nSPS) is 19.5. The van der Waals surface area contributed by atoms with Crippen LogP contribution >= 0.6 is 0 Å². The van der Waals surface area contributed by atoms with Crippen LogP contribution in [0, 0.1) is 11.6 Å². The van der Waals surface area contributed by atoms with Crippen molar-refractivity contribution >= 4 is 10.0 Å². The van der Waals surface area contributed by atoms with Crippen LogP contribution in [0.15, 0.2) is 53.4 Å². The molecule has 0 saturated carbocycles. The van der Waals surface area contributed by atoms with Gasteiger partial charge in [-0.1, -0.05) is 30.3 Å². The minimum Gasteiger partial charge on any atom is -0.207 e. The molecule has 1 saturated heterocycles. The first kappa shape index (κ1) is 15.1. The minimum absolute atomic E-state index is 0.0967. The summed E-state index contributed by atoms with van der Waals surface area (Å²) in [4.78, 5) is -0.470. The highest BCUT2D eigenvalue weighted by Gasteiger charge is 2.34. The molecule has 0 radical (unpaired) electrons. The second-order valence-corrected chi connectivity index (χ2v) is 7.24. The summed E-state index contributed by atoms with van der Waals surface area (Å²) < 4.78 is 53.0. The van der Waals surface area contributed by atoms with Crippen LogP contribution < -0.4 is 0 Å². The van der Waals surface area contributed by atoms with Gasteiger partial charge in [-0.2, -0.15) is 4.31 Å². The Kier molecular flexibility index (Phi) is 3.97. The molecule has 0 aromatic heterocycles. The molecule has 116 valence electrons. The third-order valence-electron chi connectivity index (χ3n) is 3.93. The molecule has 0 N–H and O–H groups in total. The number of hydrogen-bond acceptors (Lipinski definition) is 2. The Hall–Kier alpha value is -1.79. The second-order valence-electron chi connectivity index (χ2n) is 5.33. The molecule has 3 nitrogen and oxygen atoms in total. The zero-order chi connectivity index (χ0) is 15.7. The van der Waals surface area contributed by atoms with Gasteiger partial charge >= 0.3 is 0 Å². The number of rotatable bonds is 3. The first-order valence-electron chi connectivity index (χ1n) is 6.98. The lowest BCUT2D eigenvalue weighted by atomic mass is 9.99. The summed E-state index contributed by atoms with van der Waals surface area (Å²) in [6.07, 6.45) is 0.687. The third kappa shape index (κ3) is 2.76. The molecule has 1 aliphatic heterocycles. The standard InChI is InChI=1S/C16H15F2NO2S/c17-14-6-7-16(15(18)10-14)22(20,21)19-9-8-13(11-19)12-4-2-1-3-5-12/h1-7,10,13H,8-9,11H2. The molecule has 22 heavy (non-hydrogen) atoms. The first-order chi connectivity index (χ1) is 10.5. The molecule has 1 aliphatic rings. The molecule has 0 aliphatic carbocycles. The lowest BCUT2D eigenvalue weighted by Gasteiger charge is -2.17. The van der Waals surface area contributed by atoms with E-state index < -0.39 is 26.6 Å². The van der Waals surface area contributed by atoms with Crippen LogP contribution in [-0.2, 0) is 10.0 Å². The predicted molar refractivity (Wildman–Crippen MR) is 78.9 cm³/mol. The Morgan fingerprint density at radius 2 is 1.77 bits per heavy atom. The maximum atomic E-state index is 13.8. The summed E-state index contributed by atoms with van der Waals surface area (Å²) in [5, 5.41) is 0. The van der Waals surface area contributed by atoms with Gasteiger partial charge in [-0.05, 0) is 30.0 Å². The maximum Gasteiger partial charge on any atom is 0.246 e. The molecule has 1 fully saturated rings. The molecule has 6 heteroatoms. The van der Waals surface area contributed by atoms with Gasteiger partial charge in [0, 0.05) is 19.2 Å². The topological polar surface area (TPSA) is 37.4 Å². The molecule has 2 aromatic carbocycles. The van der Waals surface area contributed by atoms with Gasteiger partial charge in [0.15, 0.2) is 0 Å². The Morgan fingerprint density at radius 3 is 2.45 bits per heavy atom. The van der Waals surface area contributed by atoms with E-state index in [2.05, 4.69) is 0 Å². The van der Waals surface area contributed by atoms with Crippen LogP contribution in [0.4, 0.5) is 8.78 Å². The largest absolute Gasteiger partial charge is 0.246 e. The smallest absolute Gasteiger partial charge is 0.207 e. The van der Waals surface area contributed by atoms with Crippen molar-refractivity contribution in [2.75, 3.05) is 13.1 Å². The fourth-order valence-corrected chi connectivity index (χ4v) is 4.31. The molecular weight excluding hydrogens is 308 g/mol. The van der Waals surface area contributed by atoms with E-state index in [-0.39, 0.29) is 5.92 Å². The number of sulfonamides is 1. The SMILES string of the molecule is O=S(=O)(c1ccc(F)cc1F)N1CCC(c2ccccc2)C1. The van der Waals surface area contributed by atoms with E-state index in [0.29, 0.717) is 25.6 Å². The highest BCUT2D eigenvalue weighted by Crippen LogP contribution is 2.31. The van der Waals surface area contributed by atoms with E-state index in [1.165, 1.54) is 4.31 Å². The van der Waals surface area contributed by atoms with Crippen LogP contribution in [0.1, 0.15) is 17.9 Å². The highest BCUT2D eigenvalue weighted by molar-refractivity contribution is 7.89. The average molecular weight is 323 g/mol. The fourth-order valence-electron chi connectivity index (χ4n) is 2.77. The average Bonchev–Trinajstić information content (AvgIpc) is 2.98. The predicted octanol–water partition coefficient (Wildman–Crippen LogP) is 3.14. The van der Waals surface area contributed by atoms with Gasteiger partial charge < -0.3 is 0 Å². The Morgan fingerprint density at radius 1 is 1.05 bits per heavy atom. The Bertz CT molecular complexity index is 778. The first-order valence-corrected chi connectivity index (χ1v) is 8.42. The lowest BCUT2D eigenvalue weighted by molar-refractivity contribution is 0.464. The van der Waals surface area contributed by atoms with Crippen molar-refractivity contribution in [3.8, 4) is 0 Å². The summed E-state index contributed by atoms with van der Waals surface area (Å²) in [5.41, 5.74) is 1.07. The lowest BCUT2D eigenvalue weighted by Crippen LogP contribution is -2.29. The van der Waals surface area contributed by atoms with Crippen molar-refractivity contribution in [1.82, 2.24) is 4.31 Å². The van der Waals surface area contributed by atoms with E-state index >= 15 is 0 Å². The van der Waals surface area contributed by atoms with Gasteiger partial charge in [-0.15, -0.1) is 0 Å². The highest BCUT2D eigenvalue weighted by atomic mass is 32.2. The molecule has 1 unspecified atom stereocenters. The third-order valence-corrected chi connectivity index (χ3v) is 5.83. The summed E-state index contributed by atoms with van der Waals surface area (Å²) in [7, 11) is -3.94. The molecule has 1 heterocycles. The van der Waals surface area contributed by atoms with Crippen LogP contribution in [0.2, 0.25) is 0 Å². The monoisotopic (exact) mass is 323 g/mol. The van der Waals surface area contributed by atoms with Gasteiger partial charge in [0.05, 0.1) is 0 Å². The van der Waals surface area contributed by atoms with Gasteiger partial charge in [0.1, 0.15) is 16.5 Å². The van der Waals surface area contributed by atoms with Crippen molar-refractivity contribution in [3.63, 3.8) is 0 Å². The Labute approximate surface area is 128 Å². The molecule has 2 aromatic rings. The van der Waals surface area contributed by atoms with Crippen molar-refractivity contribution in [1.29, 1.82) is 0 Å². The van der Waals surface area contributed by atoms with E-state index in [1.54, 1.807) is 0 Å². The molecular formula is C16H15F2NO2S. The number of benzene rings is 2. The Balaban J connectivity index is 1.85. The van der Waals surface area contributed by atoms with Gasteiger partial charge in [0.25, 0.3) is 0 Å². The van der Waals surface area contributed by atoms with Gasteiger partial charge in [0.2, 0.25) is 10.0 Å². The van der Waals surface area contributed by atoms with Crippen molar-refractivity contribution in [3.05, 3.63) is 65.7 Å². The van der Waals surface area contributed by atoms with E-state index in [9.17, 15) is 17.2 Å². The zero-order valence-electron chi connectivity index (χ0n) is 11.7. The molecule has 0 bridgehead atoms. The quantitative estimate of drug-likeness (QED) is 0.870. The van der Waals surface area contributed by atoms with Gasteiger partial charge in [-0.25, -0.2) is 17.2 Å². The summed E-state index contributed by atoms with van der Waals surface area (Å²) in [6.45, 7) is 0.641. The molecule has 0 amide bonds. The van der Waals surface area contributed by atoms with Crippen molar-refractivity contribution in [2.45, 2.75) is 17.2 Å². The summed E-state index contributed by atoms with van der Waals surface area (Å²) in [6, 6.07) is 12.2. The van der Waals surface area contributed by atoms with Crippen LogP contribution in [-0.4, -0.2) is 25.8 Å². The van der Waals surface area contributed by atoms with Crippen molar-refractivity contribution < 1.29 is 17.2 Å². The van der Waals surface area contributed by atoms with Crippen LogP contribution in [0.3, 0.4) is 0 Å². The molecule has 3 rings (SSSR count). The fraction of sp³-hybridized carbons (Fsp3) is 0.250. The second kappa shape index (κ2) is 5.78. The van der Waals surface area contributed by atoms with E-state index in [0.717, 1.165) is 17.7 Å². The zero-order valence-corrected chi connectivity index (χ0v) is 12.6. The minimum atomic E-state index is -3.94. The van der Waals surface area contributed by atoms with Crippen LogP contribution in [0.5, 0.6) is 0 Å². The number of hydrogen-bond donors (Lipinski definition) is 0. The van der Waals surface area contributed by atoms with Crippen LogP contribution in [0.25, 0.3) is 0 Å². The van der Waals surface area contributed by atoms with E-state index in [4.69, 9.17) is 0 Å². The molecule has 1 atom stereocenters. The summed E-state index contributed by atoms with van der Waals surface area (Å²) >= 11 is 0. The number of halogens is 2. The molecule has 0 spiro atoms. The number of nitrogens with zero attached hydrogens (tertiary/aromatic N) is 1. The van der Waals surface area contributed by atoms with Crippen molar-refractivity contribution in [2.24, 2.45) is 0 Å². The summed E-state index contributed by atoms with van der Waals surface area (Å²) in [5.74, 6) is -1.75. The maximum absolute atomic E-state index is 13.8.